The van der Waals surface area contributed by atoms with Gasteiger partial charge >= 0.3 is 0 Å². The Morgan fingerprint density at radius 1 is 1.14 bits per heavy atom. The molecule has 0 atom stereocenters. The highest BCUT2D eigenvalue weighted by molar-refractivity contribution is 7.89. The summed E-state index contributed by atoms with van der Waals surface area (Å²) in [6, 6.07) is 6.87. The molecule has 1 aromatic heterocycles. The number of aromatic nitrogens is 2. The third-order valence-corrected chi connectivity index (χ3v) is 7.04. The van der Waals surface area contributed by atoms with Crippen molar-refractivity contribution in [3.63, 3.8) is 0 Å². The van der Waals surface area contributed by atoms with Gasteiger partial charge in [0.2, 0.25) is 10.0 Å². The van der Waals surface area contributed by atoms with Crippen molar-refractivity contribution < 1.29 is 8.42 Å². The first-order valence-electron chi connectivity index (χ1n) is 9.78. The molecule has 1 saturated carbocycles. The Kier molecular flexibility index (Phi) is 5.60. The number of nitrogens with one attached hydrogen (secondary N) is 2. The first-order valence-corrected chi connectivity index (χ1v) is 11.7. The lowest BCUT2D eigenvalue weighted by Crippen LogP contribution is -2.45. The van der Waals surface area contributed by atoms with Crippen LogP contribution in [0, 0.1) is 4.77 Å². The molecule has 0 amide bonds. The van der Waals surface area contributed by atoms with Crippen LogP contribution in [0.2, 0.25) is 0 Å². The van der Waals surface area contributed by atoms with Crippen molar-refractivity contribution in [3.8, 4) is 0 Å². The van der Waals surface area contributed by atoms with Crippen molar-refractivity contribution >= 4 is 28.1 Å². The lowest BCUT2D eigenvalue weighted by atomic mass is 9.94. The molecule has 1 aromatic carbocycles. The van der Waals surface area contributed by atoms with Crippen LogP contribution in [0.15, 0.2) is 34.0 Å². The SMILES string of the molecule is NS(=O)(=O)c1ccc(Cn2c3c(c(=O)[nH]c2=S)CN(C2CCCCC2)CN3)cc1. The Balaban J connectivity index is 1.62. The molecule has 0 radical (unpaired) electrons. The number of fused-ring (bicyclic) bond motifs is 1. The quantitative estimate of drug-likeness (QED) is 0.634. The zero-order valence-electron chi connectivity index (χ0n) is 16.1. The molecule has 1 aliphatic carbocycles. The van der Waals surface area contributed by atoms with E-state index in [-0.39, 0.29) is 10.5 Å². The molecular weight excluding hydrogens is 410 g/mol. The van der Waals surface area contributed by atoms with E-state index in [1.165, 1.54) is 44.2 Å². The van der Waals surface area contributed by atoms with Crippen LogP contribution in [0.1, 0.15) is 43.2 Å². The standard InChI is InChI=1S/C19H25N5O3S2/c20-29(26,27)15-8-6-13(7-9-15)10-24-17-16(18(25)22-19(24)28)11-23(12-21-17)14-4-2-1-3-5-14/h6-9,14,21H,1-5,10-12H2,(H2,20,26,27)(H,22,25,28). The Bertz CT molecular complexity index is 1120. The molecule has 1 fully saturated rings. The van der Waals surface area contributed by atoms with E-state index >= 15 is 0 Å². The number of benzene rings is 1. The molecule has 0 unspecified atom stereocenters. The number of anilines is 1. The van der Waals surface area contributed by atoms with Gasteiger partial charge in [-0.1, -0.05) is 31.4 Å². The van der Waals surface area contributed by atoms with Crippen molar-refractivity contribution in [2.75, 3.05) is 12.0 Å². The van der Waals surface area contributed by atoms with Crippen LogP contribution in [0.4, 0.5) is 5.82 Å². The number of sulfonamides is 1. The van der Waals surface area contributed by atoms with Crippen LogP contribution >= 0.6 is 12.2 Å². The minimum absolute atomic E-state index is 0.0644. The van der Waals surface area contributed by atoms with E-state index in [9.17, 15) is 13.2 Å². The van der Waals surface area contributed by atoms with Gasteiger partial charge in [0.15, 0.2) is 4.77 Å². The van der Waals surface area contributed by atoms with Crippen LogP contribution in [-0.4, -0.2) is 35.6 Å². The summed E-state index contributed by atoms with van der Waals surface area (Å²) in [5.74, 6) is 0.737. The molecule has 156 valence electrons. The molecule has 2 aromatic rings. The molecule has 4 rings (SSSR count). The molecule has 0 saturated heterocycles. The number of hydrogen-bond donors (Lipinski definition) is 3. The number of rotatable bonds is 4. The summed E-state index contributed by atoms with van der Waals surface area (Å²) >= 11 is 5.40. The van der Waals surface area contributed by atoms with Crippen molar-refractivity contribution in [1.82, 2.24) is 14.5 Å². The highest BCUT2D eigenvalue weighted by Gasteiger charge is 2.28. The molecular formula is C19H25N5O3S2. The maximum absolute atomic E-state index is 12.6. The van der Waals surface area contributed by atoms with E-state index in [1.807, 2.05) is 4.57 Å². The summed E-state index contributed by atoms with van der Waals surface area (Å²) in [6.45, 7) is 1.70. The predicted molar refractivity (Wildman–Crippen MR) is 114 cm³/mol. The van der Waals surface area contributed by atoms with Gasteiger partial charge in [-0.2, -0.15) is 0 Å². The molecule has 0 spiro atoms. The molecule has 8 nitrogen and oxygen atoms in total. The summed E-state index contributed by atoms with van der Waals surface area (Å²) in [4.78, 5) is 17.8. The van der Waals surface area contributed by atoms with Crippen LogP contribution in [-0.2, 0) is 23.1 Å². The van der Waals surface area contributed by atoms with Gasteiger partial charge < -0.3 is 9.88 Å². The topological polar surface area (TPSA) is 113 Å². The molecule has 1 aliphatic heterocycles. The third kappa shape index (κ3) is 4.30. The maximum atomic E-state index is 12.6. The van der Waals surface area contributed by atoms with Gasteiger partial charge in [0, 0.05) is 12.6 Å². The molecule has 2 aliphatic rings. The van der Waals surface area contributed by atoms with E-state index in [4.69, 9.17) is 17.4 Å². The first-order chi connectivity index (χ1) is 13.8. The van der Waals surface area contributed by atoms with Crippen LogP contribution in [0.3, 0.4) is 0 Å². The summed E-state index contributed by atoms with van der Waals surface area (Å²) in [5.41, 5.74) is 1.40. The number of nitrogens with two attached hydrogens (primary N) is 1. The van der Waals surface area contributed by atoms with Crippen LogP contribution < -0.4 is 16.0 Å². The fraction of sp³-hybridized carbons (Fsp3) is 0.474. The number of H-pyrrole nitrogens is 1. The summed E-state index contributed by atoms with van der Waals surface area (Å²) in [5, 5.41) is 8.56. The molecule has 2 heterocycles. The predicted octanol–water partition coefficient (Wildman–Crippen LogP) is 2.12. The van der Waals surface area contributed by atoms with E-state index in [0.29, 0.717) is 36.1 Å². The molecule has 10 heteroatoms. The summed E-state index contributed by atoms with van der Waals surface area (Å²) in [7, 11) is -3.73. The van der Waals surface area contributed by atoms with Gasteiger partial charge in [-0.05, 0) is 42.8 Å². The van der Waals surface area contributed by atoms with Gasteiger partial charge in [0.25, 0.3) is 5.56 Å². The van der Waals surface area contributed by atoms with Crippen LogP contribution in [0.25, 0.3) is 0 Å². The third-order valence-electron chi connectivity index (χ3n) is 5.79. The Morgan fingerprint density at radius 2 is 1.83 bits per heavy atom. The van der Waals surface area contributed by atoms with Gasteiger partial charge in [-0.3, -0.25) is 14.7 Å². The van der Waals surface area contributed by atoms with E-state index in [2.05, 4.69) is 15.2 Å². The average molecular weight is 436 g/mol. The summed E-state index contributed by atoms with van der Waals surface area (Å²) < 4.78 is 25.1. The zero-order chi connectivity index (χ0) is 20.6. The Labute approximate surface area is 174 Å². The fourth-order valence-corrected chi connectivity index (χ4v) is 4.98. The van der Waals surface area contributed by atoms with Gasteiger partial charge in [0.05, 0.1) is 23.7 Å². The van der Waals surface area contributed by atoms with Gasteiger partial charge in [0.1, 0.15) is 5.82 Å². The van der Waals surface area contributed by atoms with E-state index in [1.54, 1.807) is 12.1 Å². The second-order valence-electron chi connectivity index (χ2n) is 7.74. The highest BCUT2D eigenvalue weighted by atomic mass is 32.2. The lowest BCUT2D eigenvalue weighted by molar-refractivity contribution is 0.152. The van der Waals surface area contributed by atoms with E-state index < -0.39 is 10.0 Å². The number of nitrogens with zero attached hydrogens (tertiary/aromatic N) is 2. The van der Waals surface area contributed by atoms with Crippen molar-refractivity contribution in [2.45, 2.75) is 56.1 Å². The van der Waals surface area contributed by atoms with Gasteiger partial charge in [-0.15, -0.1) is 0 Å². The minimum Gasteiger partial charge on any atom is -0.358 e. The Morgan fingerprint density at radius 3 is 2.48 bits per heavy atom. The van der Waals surface area contributed by atoms with E-state index in [0.717, 1.165) is 11.4 Å². The lowest BCUT2D eigenvalue weighted by Gasteiger charge is -2.38. The minimum atomic E-state index is -3.73. The van der Waals surface area contributed by atoms with Crippen LogP contribution in [0.5, 0.6) is 0 Å². The first kappa shape index (κ1) is 20.3. The average Bonchev–Trinajstić information content (AvgIpc) is 2.71. The van der Waals surface area contributed by atoms with Crippen molar-refractivity contribution in [1.29, 1.82) is 0 Å². The summed E-state index contributed by atoms with van der Waals surface area (Å²) in [6.07, 6.45) is 6.11. The van der Waals surface area contributed by atoms with Crippen molar-refractivity contribution in [2.24, 2.45) is 5.14 Å². The molecule has 4 N–H and O–H groups in total. The van der Waals surface area contributed by atoms with Crippen molar-refractivity contribution in [3.05, 3.63) is 50.5 Å². The number of aromatic amines is 1. The second-order valence-corrected chi connectivity index (χ2v) is 9.68. The second kappa shape index (κ2) is 8.02. The number of hydrogen-bond acceptors (Lipinski definition) is 6. The fourth-order valence-electron chi connectivity index (χ4n) is 4.22. The molecule has 0 bridgehead atoms. The zero-order valence-corrected chi connectivity index (χ0v) is 17.7. The maximum Gasteiger partial charge on any atom is 0.258 e. The monoisotopic (exact) mass is 435 g/mol. The number of primary sulfonamides is 1. The smallest absolute Gasteiger partial charge is 0.258 e. The highest BCUT2D eigenvalue weighted by Crippen LogP contribution is 2.28. The Hall–Kier alpha value is -2.01. The largest absolute Gasteiger partial charge is 0.358 e. The molecule has 29 heavy (non-hydrogen) atoms. The van der Waals surface area contributed by atoms with Gasteiger partial charge in [-0.25, -0.2) is 13.6 Å². The normalized spacial score (nSPS) is 18.2.